The normalized spacial score (nSPS) is 11.8. The van der Waals surface area contributed by atoms with E-state index in [-0.39, 0.29) is 6.42 Å². The molecular weight excluding hydrogens is 210 g/mol. The van der Waals surface area contributed by atoms with Crippen molar-refractivity contribution in [2.45, 2.75) is 12.6 Å². The van der Waals surface area contributed by atoms with Crippen molar-refractivity contribution >= 4 is 17.6 Å². The second kappa shape index (κ2) is 5.13. The first-order valence-corrected chi connectivity index (χ1v) is 4.61. The molecule has 6 N–H and O–H groups in total. The lowest BCUT2D eigenvalue weighted by Gasteiger charge is -2.10. The Balaban J connectivity index is 2.64. The van der Waals surface area contributed by atoms with Crippen molar-refractivity contribution in [3.05, 3.63) is 29.8 Å². The number of carbonyl (C=O) groups excluding carboxylic acids is 1. The molecule has 0 aliphatic carbocycles. The zero-order chi connectivity index (χ0) is 12.1. The zero-order valence-electron chi connectivity index (χ0n) is 8.51. The van der Waals surface area contributed by atoms with Gasteiger partial charge in [-0.25, -0.2) is 4.79 Å². The number of rotatable bonds is 5. The summed E-state index contributed by atoms with van der Waals surface area (Å²) in [5, 5.41) is 11.2. The van der Waals surface area contributed by atoms with E-state index in [0.29, 0.717) is 5.69 Å². The first-order valence-electron chi connectivity index (χ1n) is 4.61. The molecule has 0 aliphatic heterocycles. The Morgan fingerprint density at radius 3 is 2.31 bits per heavy atom. The van der Waals surface area contributed by atoms with Gasteiger partial charge in [0.15, 0.2) is 6.17 Å². The maximum absolute atomic E-state index is 10.6. The summed E-state index contributed by atoms with van der Waals surface area (Å²) in [7, 11) is 0. The van der Waals surface area contributed by atoms with Gasteiger partial charge in [-0.3, -0.25) is 4.79 Å². The van der Waals surface area contributed by atoms with Crippen LogP contribution in [0.4, 0.5) is 5.69 Å². The van der Waals surface area contributed by atoms with Crippen molar-refractivity contribution in [3.8, 4) is 0 Å². The van der Waals surface area contributed by atoms with Crippen LogP contribution in [0.3, 0.4) is 0 Å². The fourth-order valence-corrected chi connectivity index (χ4v) is 1.16. The first kappa shape index (κ1) is 12.0. The highest BCUT2D eigenvalue weighted by atomic mass is 16.4. The van der Waals surface area contributed by atoms with Crippen molar-refractivity contribution in [1.82, 2.24) is 0 Å². The minimum Gasteiger partial charge on any atom is -0.479 e. The molecule has 86 valence electrons. The van der Waals surface area contributed by atoms with Crippen molar-refractivity contribution in [2.75, 3.05) is 5.32 Å². The lowest BCUT2D eigenvalue weighted by atomic mass is 10.1. The van der Waals surface area contributed by atoms with E-state index >= 15 is 0 Å². The van der Waals surface area contributed by atoms with Crippen LogP contribution in [0.15, 0.2) is 24.3 Å². The van der Waals surface area contributed by atoms with E-state index in [9.17, 15) is 9.59 Å². The number of amides is 1. The number of hydrogen-bond donors (Lipinski definition) is 4. The molecule has 0 radical (unpaired) electrons. The average molecular weight is 223 g/mol. The van der Waals surface area contributed by atoms with Crippen molar-refractivity contribution < 1.29 is 14.7 Å². The third-order valence-electron chi connectivity index (χ3n) is 1.92. The number of nitrogens with one attached hydrogen (secondary N) is 1. The van der Waals surface area contributed by atoms with Gasteiger partial charge >= 0.3 is 5.97 Å². The first-order chi connectivity index (χ1) is 7.49. The van der Waals surface area contributed by atoms with E-state index in [2.05, 4.69) is 5.32 Å². The quantitative estimate of drug-likeness (QED) is 0.501. The molecule has 1 unspecified atom stereocenters. The van der Waals surface area contributed by atoms with Gasteiger partial charge < -0.3 is 21.9 Å². The number of carboxylic acid groups (broad SMARTS) is 1. The summed E-state index contributed by atoms with van der Waals surface area (Å²) < 4.78 is 0. The molecule has 1 aromatic carbocycles. The smallest absolute Gasteiger partial charge is 0.341 e. The summed E-state index contributed by atoms with van der Waals surface area (Å²) >= 11 is 0. The Morgan fingerprint density at radius 1 is 1.31 bits per heavy atom. The number of carboxylic acids is 1. The second-order valence-electron chi connectivity index (χ2n) is 3.30. The van der Waals surface area contributed by atoms with Gasteiger partial charge in [0.25, 0.3) is 0 Å². The Labute approximate surface area is 92.2 Å². The molecule has 1 amide bonds. The molecule has 6 nitrogen and oxygen atoms in total. The van der Waals surface area contributed by atoms with E-state index < -0.39 is 18.0 Å². The molecule has 6 heteroatoms. The highest BCUT2D eigenvalue weighted by molar-refractivity contribution is 5.77. The van der Waals surface area contributed by atoms with E-state index in [1.807, 2.05) is 0 Å². The van der Waals surface area contributed by atoms with Crippen LogP contribution in [0.2, 0.25) is 0 Å². The van der Waals surface area contributed by atoms with Crippen LogP contribution in [-0.2, 0) is 16.0 Å². The molecule has 16 heavy (non-hydrogen) atoms. The Bertz CT molecular complexity index is 389. The summed E-state index contributed by atoms with van der Waals surface area (Å²) in [6, 6.07) is 6.64. The van der Waals surface area contributed by atoms with Crippen molar-refractivity contribution in [2.24, 2.45) is 11.5 Å². The summed E-state index contributed by atoms with van der Waals surface area (Å²) in [4.78, 5) is 21.1. The van der Waals surface area contributed by atoms with Crippen molar-refractivity contribution in [3.63, 3.8) is 0 Å². The molecule has 0 aromatic heterocycles. The van der Waals surface area contributed by atoms with Gasteiger partial charge in [0.05, 0.1) is 6.42 Å². The van der Waals surface area contributed by atoms with Gasteiger partial charge in [0, 0.05) is 5.69 Å². The standard InChI is InChI=1S/C10H13N3O3/c11-8(14)5-6-1-3-7(4-2-6)13-9(12)10(15)16/h1-4,9,13H,5,12H2,(H2,11,14)(H,15,16). The van der Waals surface area contributed by atoms with Gasteiger partial charge in [0.2, 0.25) is 5.91 Å². The molecule has 1 aromatic rings. The van der Waals surface area contributed by atoms with E-state index in [1.165, 1.54) is 0 Å². The Kier molecular flexibility index (Phi) is 3.84. The molecule has 0 spiro atoms. The number of anilines is 1. The minimum atomic E-state index is -1.15. The molecule has 1 atom stereocenters. The third-order valence-corrected chi connectivity index (χ3v) is 1.92. The number of primary amides is 1. The van der Waals surface area contributed by atoms with E-state index in [0.717, 1.165) is 5.56 Å². The maximum Gasteiger partial charge on any atom is 0.341 e. The van der Waals surface area contributed by atoms with Gasteiger partial charge in [-0.15, -0.1) is 0 Å². The van der Waals surface area contributed by atoms with E-state index in [1.54, 1.807) is 24.3 Å². The predicted molar refractivity (Wildman–Crippen MR) is 58.6 cm³/mol. The van der Waals surface area contributed by atoms with Crippen LogP contribution in [0.5, 0.6) is 0 Å². The van der Waals surface area contributed by atoms with Gasteiger partial charge in [-0.1, -0.05) is 12.1 Å². The SMILES string of the molecule is NC(=O)Cc1ccc(NC(N)C(=O)O)cc1. The number of aliphatic carboxylic acids is 1. The number of carbonyl (C=O) groups is 2. The fourth-order valence-electron chi connectivity index (χ4n) is 1.16. The molecule has 0 bridgehead atoms. The molecule has 0 aliphatic rings. The number of hydrogen-bond acceptors (Lipinski definition) is 4. The topological polar surface area (TPSA) is 118 Å². The summed E-state index contributed by atoms with van der Waals surface area (Å²) in [6.45, 7) is 0. The number of nitrogens with two attached hydrogens (primary N) is 2. The highest BCUT2D eigenvalue weighted by Gasteiger charge is 2.10. The summed E-state index contributed by atoms with van der Waals surface area (Å²) in [5.41, 5.74) is 11.7. The van der Waals surface area contributed by atoms with Crippen LogP contribution >= 0.6 is 0 Å². The van der Waals surface area contributed by atoms with E-state index in [4.69, 9.17) is 16.6 Å². The van der Waals surface area contributed by atoms with Gasteiger partial charge in [-0.2, -0.15) is 0 Å². The zero-order valence-corrected chi connectivity index (χ0v) is 8.51. The second-order valence-corrected chi connectivity index (χ2v) is 3.30. The molecule has 1 rings (SSSR count). The van der Waals surface area contributed by atoms with Crippen LogP contribution in [-0.4, -0.2) is 23.1 Å². The predicted octanol–water partition coefficient (Wildman–Crippen LogP) is -0.504. The molecule has 0 saturated heterocycles. The fraction of sp³-hybridized carbons (Fsp3) is 0.200. The number of benzene rings is 1. The van der Waals surface area contributed by atoms with Crippen LogP contribution in [0, 0.1) is 0 Å². The summed E-state index contributed by atoms with van der Waals surface area (Å²) in [6.07, 6.45) is -0.993. The largest absolute Gasteiger partial charge is 0.479 e. The third kappa shape index (κ3) is 3.58. The van der Waals surface area contributed by atoms with Crippen molar-refractivity contribution in [1.29, 1.82) is 0 Å². The summed E-state index contributed by atoms with van der Waals surface area (Å²) in [5.74, 6) is -1.55. The van der Waals surface area contributed by atoms with Crippen LogP contribution in [0.1, 0.15) is 5.56 Å². The lowest BCUT2D eigenvalue weighted by Crippen LogP contribution is -2.37. The molecule has 0 heterocycles. The lowest BCUT2D eigenvalue weighted by molar-refractivity contribution is -0.137. The minimum absolute atomic E-state index is 0.158. The average Bonchev–Trinajstić information content (AvgIpc) is 2.20. The molecule has 0 saturated carbocycles. The maximum atomic E-state index is 10.6. The van der Waals surface area contributed by atoms with Gasteiger partial charge in [0.1, 0.15) is 0 Å². The van der Waals surface area contributed by atoms with Crippen LogP contribution < -0.4 is 16.8 Å². The highest BCUT2D eigenvalue weighted by Crippen LogP contribution is 2.10. The Hall–Kier alpha value is -2.08. The molecular formula is C10H13N3O3. The van der Waals surface area contributed by atoms with Gasteiger partial charge in [-0.05, 0) is 17.7 Å². The van der Waals surface area contributed by atoms with Crippen LogP contribution in [0.25, 0.3) is 0 Å². The molecule has 0 fully saturated rings. The Morgan fingerprint density at radius 2 is 1.88 bits per heavy atom. The monoisotopic (exact) mass is 223 g/mol.